The molecule has 3 N–H and O–H groups in total. The Morgan fingerprint density at radius 3 is 2.12 bits per heavy atom. The van der Waals surface area contributed by atoms with Crippen LogP contribution in [-0.2, 0) is 14.4 Å². The standard InChI is InChI=1S/C18H30N2O4/c1-12(10-16(21)22)11-19-17(23)14-6-8-15(9-7-14)20-18(24)13-4-2-3-5-13/h12-15H,2-11H2,1H3,(H,19,23)(H,20,24)(H,21,22). The molecule has 24 heavy (non-hydrogen) atoms. The lowest BCUT2D eigenvalue weighted by atomic mass is 9.85. The fraction of sp³-hybridized carbons (Fsp3) is 0.833. The topological polar surface area (TPSA) is 95.5 Å². The van der Waals surface area contributed by atoms with Crippen LogP contribution in [0.25, 0.3) is 0 Å². The molecule has 0 aromatic rings. The van der Waals surface area contributed by atoms with Gasteiger partial charge < -0.3 is 15.7 Å². The molecule has 2 amide bonds. The highest BCUT2D eigenvalue weighted by molar-refractivity contribution is 5.80. The molecule has 2 saturated carbocycles. The summed E-state index contributed by atoms with van der Waals surface area (Å²) in [7, 11) is 0. The molecule has 0 aromatic heterocycles. The zero-order valence-electron chi connectivity index (χ0n) is 14.6. The second kappa shape index (κ2) is 9.04. The summed E-state index contributed by atoms with van der Waals surface area (Å²) in [5.41, 5.74) is 0. The van der Waals surface area contributed by atoms with Gasteiger partial charge in [-0.2, -0.15) is 0 Å². The third-order valence-corrected chi connectivity index (χ3v) is 5.32. The maximum atomic E-state index is 12.2. The van der Waals surface area contributed by atoms with Gasteiger partial charge in [-0.05, 0) is 44.4 Å². The Bertz CT molecular complexity index is 452. The summed E-state index contributed by atoms with van der Waals surface area (Å²) in [4.78, 5) is 35.0. The predicted molar refractivity (Wildman–Crippen MR) is 90.3 cm³/mol. The van der Waals surface area contributed by atoms with Gasteiger partial charge in [-0.1, -0.05) is 19.8 Å². The first-order valence-electron chi connectivity index (χ1n) is 9.25. The molecular weight excluding hydrogens is 308 g/mol. The van der Waals surface area contributed by atoms with Crippen LogP contribution in [0.15, 0.2) is 0 Å². The molecule has 1 unspecified atom stereocenters. The van der Waals surface area contributed by atoms with Gasteiger partial charge in [0.2, 0.25) is 11.8 Å². The highest BCUT2D eigenvalue weighted by atomic mass is 16.4. The second-order valence-electron chi connectivity index (χ2n) is 7.49. The van der Waals surface area contributed by atoms with E-state index in [9.17, 15) is 14.4 Å². The number of carboxylic acid groups (broad SMARTS) is 1. The van der Waals surface area contributed by atoms with Crippen molar-refractivity contribution in [1.82, 2.24) is 10.6 Å². The van der Waals surface area contributed by atoms with Crippen LogP contribution in [-0.4, -0.2) is 35.5 Å². The Morgan fingerprint density at radius 1 is 0.958 bits per heavy atom. The molecular formula is C18H30N2O4. The second-order valence-corrected chi connectivity index (χ2v) is 7.49. The molecule has 0 aliphatic heterocycles. The van der Waals surface area contributed by atoms with E-state index in [1.54, 1.807) is 0 Å². The zero-order chi connectivity index (χ0) is 17.5. The van der Waals surface area contributed by atoms with Crippen molar-refractivity contribution >= 4 is 17.8 Å². The van der Waals surface area contributed by atoms with Crippen molar-refractivity contribution in [3.05, 3.63) is 0 Å². The molecule has 6 nitrogen and oxygen atoms in total. The number of hydrogen-bond donors (Lipinski definition) is 3. The van der Waals surface area contributed by atoms with Gasteiger partial charge >= 0.3 is 5.97 Å². The van der Waals surface area contributed by atoms with E-state index in [2.05, 4.69) is 10.6 Å². The molecule has 2 rings (SSSR count). The third-order valence-electron chi connectivity index (χ3n) is 5.32. The van der Waals surface area contributed by atoms with Crippen molar-refractivity contribution in [2.75, 3.05) is 6.54 Å². The van der Waals surface area contributed by atoms with Gasteiger partial charge in [-0.15, -0.1) is 0 Å². The van der Waals surface area contributed by atoms with Crippen molar-refractivity contribution in [3.63, 3.8) is 0 Å². The Morgan fingerprint density at radius 2 is 1.54 bits per heavy atom. The molecule has 0 spiro atoms. The van der Waals surface area contributed by atoms with Crippen LogP contribution in [0.4, 0.5) is 0 Å². The number of carbonyl (C=O) groups excluding carboxylic acids is 2. The van der Waals surface area contributed by atoms with Crippen molar-refractivity contribution < 1.29 is 19.5 Å². The van der Waals surface area contributed by atoms with Gasteiger partial charge in [0, 0.05) is 30.8 Å². The fourth-order valence-corrected chi connectivity index (χ4v) is 3.80. The smallest absolute Gasteiger partial charge is 0.303 e. The van der Waals surface area contributed by atoms with Crippen LogP contribution in [0.2, 0.25) is 0 Å². The number of hydrogen-bond acceptors (Lipinski definition) is 3. The minimum Gasteiger partial charge on any atom is -0.481 e. The van der Waals surface area contributed by atoms with Crippen LogP contribution >= 0.6 is 0 Å². The summed E-state index contributed by atoms with van der Waals surface area (Å²) in [6.45, 7) is 2.23. The highest BCUT2D eigenvalue weighted by Gasteiger charge is 2.29. The van der Waals surface area contributed by atoms with E-state index in [0.29, 0.717) is 6.54 Å². The SMILES string of the molecule is CC(CNC(=O)C1CCC(NC(=O)C2CCCC2)CC1)CC(=O)O. The summed E-state index contributed by atoms with van der Waals surface area (Å²) in [6.07, 6.45) is 7.68. The molecule has 0 saturated heterocycles. The number of amides is 2. The molecule has 0 aromatic carbocycles. The average molecular weight is 338 g/mol. The molecule has 0 heterocycles. The molecule has 136 valence electrons. The number of rotatable bonds is 7. The van der Waals surface area contributed by atoms with Gasteiger partial charge in [-0.25, -0.2) is 0 Å². The quantitative estimate of drug-likeness (QED) is 0.662. The van der Waals surface area contributed by atoms with Gasteiger partial charge in [0.15, 0.2) is 0 Å². The summed E-state index contributed by atoms with van der Waals surface area (Å²) >= 11 is 0. The fourth-order valence-electron chi connectivity index (χ4n) is 3.80. The first-order chi connectivity index (χ1) is 11.5. The van der Waals surface area contributed by atoms with Crippen LogP contribution in [0.5, 0.6) is 0 Å². The Hall–Kier alpha value is -1.59. The van der Waals surface area contributed by atoms with Gasteiger partial charge in [0.25, 0.3) is 0 Å². The van der Waals surface area contributed by atoms with Crippen LogP contribution in [0.3, 0.4) is 0 Å². The van der Waals surface area contributed by atoms with Gasteiger partial charge in [0.1, 0.15) is 0 Å². The first kappa shape index (κ1) is 18.7. The van der Waals surface area contributed by atoms with E-state index in [4.69, 9.17) is 5.11 Å². The lowest BCUT2D eigenvalue weighted by Gasteiger charge is -2.29. The lowest BCUT2D eigenvalue weighted by molar-refractivity contribution is -0.138. The maximum Gasteiger partial charge on any atom is 0.303 e. The molecule has 2 aliphatic rings. The normalized spacial score (nSPS) is 25.9. The van der Waals surface area contributed by atoms with E-state index in [-0.39, 0.29) is 42.0 Å². The Balaban J connectivity index is 1.65. The predicted octanol–water partition coefficient (Wildman–Crippen LogP) is 2.08. The molecule has 6 heteroatoms. The van der Waals surface area contributed by atoms with Gasteiger partial charge in [-0.3, -0.25) is 14.4 Å². The summed E-state index contributed by atoms with van der Waals surface area (Å²) in [5, 5.41) is 14.8. The Kier molecular flexibility index (Phi) is 7.06. The summed E-state index contributed by atoms with van der Waals surface area (Å²) in [6, 6.07) is 0.202. The number of carboxylic acids is 1. The van der Waals surface area contributed by atoms with Crippen molar-refractivity contribution in [2.45, 2.75) is 70.8 Å². The zero-order valence-corrected chi connectivity index (χ0v) is 14.6. The third kappa shape index (κ3) is 5.80. The monoisotopic (exact) mass is 338 g/mol. The minimum atomic E-state index is -0.838. The Labute approximate surface area is 143 Å². The first-order valence-corrected chi connectivity index (χ1v) is 9.25. The van der Waals surface area contributed by atoms with E-state index < -0.39 is 5.97 Å². The van der Waals surface area contributed by atoms with Crippen molar-refractivity contribution in [3.8, 4) is 0 Å². The highest BCUT2D eigenvalue weighted by Crippen LogP contribution is 2.27. The molecule has 2 aliphatic carbocycles. The van der Waals surface area contributed by atoms with Crippen LogP contribution < -0.4 is 10.6 Å². The van der Waals surface area contributed by atoms with Crippen molar-refractivity contribution in [1.29, 1.82) is 0 Å². The van der Waals surface area contributed by atoms with Crippen LogP contribution in [0, 0.1) is 17.8 Å². The van der Waals surface area contributed by atoms with Crippen molar-refractivity contribution in [2.24, 2.45) is 17.8 Å². The molecule has 0 radical (unpaired) electrons. The maximum absolute atomic E-state index is 12.2. The van der Waals surface area contributed by atoms with Crippen LogP contribution in [0.1, 0.15) is 64.7 Å². The number of carbonyl (C=O) groups is 3. The average Bonchev–Trinajstić information content (AvgIpc) is 3.07. The number of aliphatic carboxylic acids is 1. The number of nitrogens with one attached hydrogen (secondary N) is 2. The molecule has 1 atom stereocenters. The van der Waals surface area contributed by atoms with E-state index in [0.717, 1.165) is 51.4 Å². The van der Waals surface area contributed by atoms with Gasteiger partial charge in [0.05, 0.1) is 0 Å². The summed E-state index contributed by atoms with van der Waals surface area (Å²) in [5.74, 6) is -0.497. The van der Waals surface area contributed by atoms with E-state index >= 15 is 0 Å². The molecule has 0 bridgehead atoms. The minimum absolute atomic E-state index is 0.0124. The lowest BCUT2D eigenvalue weighted by Crippen LogP contribution is -2.43. The molecule has 2 fully saturated rings. The summed E-state index contributed by atoms with van der Waals surface area (Å²) < 4.78 is 0. The van der Waals surface area contributed by atoms with E-state index in [1.165, 1.54) is 0 Å². The van der Waals surface area contributed by atoms with E-state index in [1.807, 2.05) is 6.92 Å². The largest absolute Gasteiger partial charge is 0.481 e.